The lowest BCUT2D eigenvalue weighted by atomic mass is 10.2. The van der Waals surface area contributed by atoms with Gasteiger partial charge in [0.15, 0.2) is 0 Å². The van der Waals surface area contributed by atoms with Crippen molar-refractivity contribution in [3.8, 4) is 0 Å². The van der Waals surface area contributed by atoms with Gasteiger partial charge in [-0.1, -0.05) is 12.1 Å². The molecule has 0 fully saturated rings. The molecule has 1 N–H and O–H groups in total. The molecule has 2 aromatic rings. The molecule has 0 spiro atoms. The van der Waals surface area contributed by atoms with Gasteiger partial charge in [-0.15, -0.1) is 0 Å². The van der Waals surface area contributed by atoms with Gasteiger partial charge in [-0.25, -0.2) is 4.98 Å². The number of carbonyl (C=O) groups excluding carboxylic acids is 2. The molecule has 0 radical (unpaired) electrons. The number of aryl methyl sites for hydroxylation is 1. The molecule has 1 aromatic heterocycles. The summed E-state index contributed by atoms with van der Waals surface area (Å²) < 4.78 is 2.13. The van der Waals surface area contributed by atoms with Crippen molar-refractivity contribution in [3.05, 3.63) is 30.1 Å². The summed E-state index contributed by atoms with van der Waals surface area (Å²) in [4.78, 5) is 30.7. The highest BCUT2D eigenvalue weighted by Gasteiger charge is 2.18. The van der Waals surface area contributed by atoms with Crippen LogP contribution >= 0.6 is 0 Å². The quantitative estimate of drug-likeness (QED) is 0.748. The lowest BCUT2D eigenvalue weighted by Crippen LogP contribution is -2.31. The molecule has 0 aliphatic rings. The topological polar surface area (TPSA) is 67.2 Å². The summed E-state index contributed by atoms with van der Waals surface area (Å²) in [6, 6.07) is 7.82. The predicted octanol–water partition coefficient (Wildman–Crippen LogP) is 3.27. The Hall–Kier alpha value is -2.37. The lowest BCUT2D eigenvalue weighted by Gasteiger charge is -2.18. The van der Waals surface area contributed by atoms with E-state index in [4.69, 9.17) is 0 Å². The summed E-state index contributed by atoms with van der Waals surface area (Å²) in [5.41, 5.74) is 2.02. The molecule has 6 heteroatoms. The summed E-state index contributed by atoms with van der Waals surface area (Å²) >= 11 is 0. The van der Waals surface area contributed by atoms with E-state index in [1.54, 1.807) is 4.90 Å². The third-order valence-corrected chi connectivity index (χ3v) is 4.68. The van der Waals surface area contributed by atoms with Crippen molar-refractivity contribution in [2.75, 3.05) is 13.1 Å². The zero-order chi connectivity index (χ0) is 19.1. The Balaban J connectivity index is 1.92. The smallest absolute Gasteiger partial charge is 0.222 e. The molecule has 142 valence electrons. The number of nitrogens with zero attached hydrogens (tertiary/aromatic N) is 3. The van der Waals surface area contributed by atoms with Gasteiger partial charge in [0.1, 0.15) is 5.82 Å². The number of amides is 2. The molecule has 2 amide bonds. The van der Waals surface area contributed by atoms with Crippen molar-refractivity contribution in [1.29, 1.82) is 0 Å². The highest BCUT2D eigenvalue weighted by Crippen LogP contribution is 2.20. The summed E-state index contributed by atoms with van der Waals surface area (Å²) in [6.07, 6.45) is 1.33. The number of rotatable bonds is 9. The molecule has 26 heavy (non-hydrogen) atoms. The van der Waals surface area contributed by atoms with E-state index in [0.29, 0.717) is 32.4 Å². The molecule has 0 aliphatic carbocycles. The number of aromatic nitrogens is 2. The Kier molecular flexibility index (Phi) is 7.18. The minimum Gasteiger partial charge on any atom is -0.346 e. The summed E-state index contributed by atoms with van der Waals surface area (Å²) in [5, 5.41) is 3.02. The van der Waals surface area contributed by atoms with Crippen LogP contribution < -0.4 is 5.32 Å². The van der Waals surface area contributed by atoms with Crippen LogP contribution in [-0.2, 0) is 16.1 Å². The zero-order valence-corrected chi connectivity index (χ0v) is 16.3. The second kappa shape index (κ2) is 9.36. The first-order valence-corrected chi connectivity index (χ1v) is 9.54. The second-order valence-corrected chi connectivity index (χ2v) is 6.41. The third kappa shape index (κ3) is 4.62. The van der Waals surface area contributed by atoms with Gasteiger partial charge >= 0.3 is 0 Å². The zero-order valence-electron chi connectivity index (χ0n) is 16.3. The van der Waals surface area contributed by atoms with Crippen LogP contribution in [0.3, 0.4) is 0 Å². The Morgan fingerprint density at radius 2 is 1.85 bits per heavy atom. The Bertz CT molecular complexity index is 749. The molecular weight excluding hydrogens is 328 g/mol. The van der Waals surface area contributed by atoms with Gasteiger partial charge in [-0.3, -0.25) is 9.59 Å². The average Bonchev–Trinajstić information content (AvgIpc) is 3.01. The van der Waals surface area contributed by atoms with Gasteiger partial charge in [0.2, 0.25) is 11.8 Å². The van der Waals surface area contributed by atoms with Crippen LogP contribution in [0.1, 0.15) is 58.8 Å². The molecule has 0 aliphatic heterocycles. The molecule has 1 unspecified atom stereocenters. The molecule has 0 saturated heterocycles. The Morgan fingerprint density at radius 3 is 2.50 bits per heavy atom. The molecule has 1 aromatic carbocycles. The first-order valence-electron chi connectivity index (χ1n) is 9.54. The van der Waals surface area contributed by atoms with E-state index in [0.717, 1.165) is 23.4 Å². The van der Waals surface area contributed by atoms with E-state index in [1.807, 2.05) is 45.0 Å². The van der Waals surface area contributed by atoms with Crippen LogP contribution in [0, 0.1) is 0 Å². The van der Waals surface area contributed by atoms with Crippen LogP contribution in [-0.4, -0.2) is 39.4 Å². The van der Waals surface area contributed by atoms with E-state index in [1.165, 1.54) is 0 Å². The van der Waals surface area contributed by atoms with Gasteiger partial charge in [-0.05, 0) is 46.2 Å². The number of benzene rings is 1. The average molecular weight is 358 g/mol. The van der Waals surface area contributed by atoms with Crippen molar-refractivity contribution in [3.63, 3.8) is 0 Å². The summed E-state index contributed by atoms with van der Waals surface area (Å²) in [6.45, 7) is 10.2. The molecule has 0 saturated carbocycles. The van der Waals surface area contributed by atoms with Crippen molar-refractivity contribution in [1.82, 2.24) is 19.8 Å². The Labute approximate surface area is 155 Å². The maximum atomic E-state index is 12.3. The fourth-order valence-corrected chi connectivity index (χ4v) is 3.27. The SMILES string of the molecule is CCN(CC)C(=O)CCCC(=O)NC(C)c1nc2ccccc2n1CC. The molecule has 1 atom stereocenters. The molecule has 0 bridgehead atoms. The monoisotopic (exact) mass is 358 g/mol. The molecule has 1 heterocycles. The minimum absolute atomic E-state index is 0.0421. The highest BCUT2D eigenvalue weighted by atomic mass is 16.2. The fourth-order valence-electron chi connectivity index (χ4n) is 3.27. The van der Waals surface area contributed by atoms with Crippen molar-refractivity contribution < 1.29 is 9.59 Å². The standard InChI is InChI=1S/C20H30N4O2/c1-5-23(6-2)19(26)14-10-13-18(25)21-15(4)20-22-16-11-8-9-12-17(16)24(20)7-3/h8-9,11-12,15H,5-7,10,13-14H2,1-4H3,(H,21,25). The first-order chi connectivity index (χ1) is 12.5. The number of carbonyl (C=O) groups is 2. The highest BCUT2D eigenvalue weighted by molar-refractivity contribution is 5.79. The van der Waals surface area contributed by atoms with Crippen LogP contribution in [0.15, 0.2) is 24.3 Å². The molecule has 2 rings (SSSR count). The van der Waals surface area contributed by atoms with Crippen LogP contribution in [0.5, 0.6) is 0 Å². The fraction of sp³-hybridized carbons (Fsp3) is 0.550. The van der Waals surface area contributed by atoms with E-state index in [-0.39, 0.29) is 17.9 Å². The summed E-state index contributed by atoms with van der Waals surface area (Å²) in [7, 11) is 0. The maximum Gasteiger partial charge on any atom is 0.222 e. The Morgan fingerprint density at radius 1 is 1.15 bits per heavy atom. The number of nitrogens with one attached hydrogen (secondary N) is 1. The van der Waals surface area contributed by atoms with Gasteiger partial charge in [0, 0.05) is 32.5 Å². The van der Waals surface area contributed by atoms with Gasteiger partial charge in [-0.2, -0.15) is 0 Å². The maximum absolute atomic E-state index is 12.3. The van der Waals surface area contributed by atoms with Gasteiger partial charge < -0.3 is 14.8 Å². The normalized spacial score (nSPS) is 12.2. The first kappa shape index (κ1) is 19.9. The third-order valence-electron chi connectivity index (χ3n) is 4.68. The van der Waals surface area contributed by atoms with E-state index in [9.17, 15) is 9.59 Å². The summed E-state index contributed by atoms with van der Waals surface area (Å²) in [5.74, 6) is 0.935. The number of para-hydroxylation sites is 2. The number of hydrogen-bond donors (Lipinski definition) is 1. The van der Waals surface area contributed by atoms with Crippen LogP contribution in [0.2, 0.25) is 0 Å². The van der Waals surface area contributed by atoms with Crippen molar-refractivity contribution >= 4 is 22.8 Å². The van der Waals surface area contributed by atoms with Gasteiger partial charge in [0.05, 0.1) is 17.1 Å². The van der Waals surface area contributed by atoms with E-state index >= 15 is 0 Å². The van der Waals surface area contributed by atoms with E-state index < -0.39 is 0 Å². The number of fused-ring (bicyclic) bond motifs is 1. The number of imidazole rings is 1. The molecular formula is C20H30N4O2. The minimum atomic E-state index is -0.173. The largest absolute Gasteiger partial charge is 0.346 e. The number of hydrogen-bond acceptors (Lipinski definition) is 3. The molecule has 6 nitrogen and oxygen atoms in total. The second-order valence-electron chi connectivity index (χ2n) is 6.41. The van der Waals surface area contributed by atoms with Gasteiger partial charge in [0.25, 0.3) is 0 Å². The van der Waals surface area contributed by atoms with Crippen molar-refractivity contribution in [2.24, 2.45) is 0 Å². The van der Waals surface area contributed by atoms with Crippen LogP contribution in [0.25, 0.3) is 11.0 Å². The lowest BCUT2D eigenvalue weighted by molar-refractivity contribution is -0.131. The van der Waals surface area contributed by atoms with Crippen LogP contribution in [0.4, 0.5) is 0 Å². The predicted molar refractivity (Wildman–Crippen MR) is 104 cm³/mol. The van der Waals surface area contributed by atoms with E-state index in [2.05, 4.69) is 21.8 Å². The van der Waals surface area contributed by atoms with Crippen molar-refractivity contribution in [2.45, 2.75) is 59.5 Å².